The van der Waals surface area contributed by atoms with Crippen molar-refractivity contribution >= 4 is 29.2 Å². The molecule has 1 aromatic carbocycles. The number of rotatable bonds is 4. The van der Waals surface area contributed by atoms with E-state index in [1.807, 2.05) is 31.2 Å². The monoisotopic (exact) mass is 286 g/mol. The summed E-state index contributed by atoms with van der Waals surface area (Å²) in [4.78, 5) is 24.2. The van der Waals surface area contributed by atoms with Crippen LogP contribution in [0.2, 0.25) is 0 Å². The highest BCUT2D eigenvalue weighted by molar-refractivity contribution is 7.08. The van der Waals surface area contributed by atoms with Crippen LogP contribution >= 0.6 is 11.3 Å². The molecule has 1 heterocycles. The van der Waals surface area contributed by atoms with Crippen LogP contribution in [0, 0.1) is 6.92 Å². The molecule has 3 nitrogen and oxygen atoms in total. The summed E-state index contributed by atoms with van der Waals surface area (Å²) in [6.45, 7) is 1.93. The number of methoxy groups -OCH3 is 1. The van der Waals surface area contributed by atoms with E-state index in [0.29, 0.717) is 5.56 Å². The van der Waals surface area contributed by atoms with Crippen LogP contribution in [0.3, 0.4) is 0 Å². The number of hydrogen-bond donors (Lipinski definition) is 0. The van der Waals surface area contributed by atoms with Crippen LogP contribution in [-0.2, 0) is 9.53 Å². The van der Waals surface area contributed by atoms with E-state index >= 15 is 0 Å². The highest BCUT2D eigenvalue weighted by atomic mass is 32.1. The Kier molecular flexibility index (Phi) is 4.48. The van der Waals surface area contributed by atoms with Crippen LogP contribution in [0.5, 0.6) is 0 Å². The molecule has 1 aromatic heterocycles. The molecule has 0 aliphatic rings. The van der Waals surface area contributed by atoms with Gasteiger partial charge in [-0.1, -0.05) is 24.3 Å². The van der Waals surface area contributed by atoms with E-state index in [1.54, 1.807) is 22.9 Å². The van der Waals surface area contributed by atoms with Crippen molar-refractivity contribution in [1.82, 2.24) is 0 Å². The van der Waals surface area contributed by atoms with Crippen LogP contribution in [0.15, 0.2) is 46.7 Å². The number of benzene rings is 1. The van der Waals surface area contributed by atoms with Gasteiger partial charge in [-0.2, -0.15) is 11.3 Å². The first kappa shape index (κ1) is 14.2. The van der Waals surface area contributed by atoms with Crippen LogP contribution in [0.25, 0.3) is 6.08 Å². The zero-order valence-electron chi connectivity index (χ0n) is 11.3. The number of ether oxygens (including phenoxy) is 1. The second-order valence-corrected chi connectivity index (χ2v) is 5.03. The average molecular weight is 286 g/mol. The highest BCUT2D eigenvalue weighted by Crippen LogP contribution is 2.18. The first-order valence-electron chi connectivity index (χ1n) is 6.06. The van der Waals surface area contributed by atoms with Crippen molar-refractivity contribution in [2.75, 3.05) is 7.11 Å². The van der Waals surface area contributed by atoms with Gasteiger partial charge < -0.3 is 4.74 Å². The molecule has 0 spiro atoms. The van der Waals surface area contributed by atoms with Crippen molar-refractivity contribution in [3.8, 4) is 0 Å². The Bertz CT molecular complexity index is 654. The van der Waals surface area contributed by atoms with Gasteiger partial charge in [-0.15, -0.1) is 0 Å². The number of carbonyl (C=O) groups is 2. The molecular weight excluding hydrogens is 272 g/mol. The van der Waals surface area contributed by atoms with Crippen LogP contribution in [0.1, 0.15) is 21.5 Å². The van der Waals surface area contributed by atoms with Gasteiger partial charge >= 0.3 is 5.97 Å². The summed E-state index contributed by atoms with van der Waals surface area (Å²) in [7, 11) is 1.27. The largest absolute Gasteiger partial charge is 0.465 e. The lowest BCUT2D eigenvalue weighted by molar-refractivity contribution is -0.135. The van der Waals surface area contributed by atoms with E-state index in [-0.39, 0.29) is 11.4 Å². The second kappa shape index (κ2) is 6.30. The van der Waals surface area contributed by atoms with Gasteiger partial charge in [-0.3, -0.25) is 4.79 Å². The Balaban J connectivity index is 2.46. The number of esters is 1. The standard InChI is InChI=1S/C16H14O3S/c1-11-5-3-4-6-12(11)9-14(16(18)19-2)15(17)13-7-8-20-10-13/h3-10H,1-2H3/b14-9-. The SMILES string of the molecule is COC(=O)/C(=C\c1ccccc1C)C(=O)c1ccsc1. The summed E-state index contributed by atoms with van der Waals surface area (Å²) < 4.78 is 4.72. The Morgan fingerprint density at radius 1 is 1.20 bits per heavy atom. The maximum absolute atomic E-state index is 12.4. The number of ketones is 1. The molecule has 4 heteroatoms. The van der Waals surface area contributed by atoms with Crippen molar-refractivity contribution < 1.29 is 14.3 Å². The summed E-state index contributed by atoms with van der Waals surface area (Å²) >= 11 is 1.41. The molecule has 0 atom stereocenters. The van der Waals surface area contributed by atoms with E-state index in [2.05, 4.69) is 0 Å². The smallest absolute Gasteiger partial charge is 0.341 e. The molecule has 0 aliphatic heterocycles. The fraction of sp³-hybridized carbons (Fsp3) is 0.125. The van der Waals surface area contributed by atoms with E-state index in [9.17, 15) is 9.59 Å². The van der Waals surface area contributed by atoms with Crippen molar-refractivity contribution in [3.63, 3.8) is 0 Å². The third-order valence-electron chi connectivity index (χ3n) is 2.92. The first-order chi connectivity index (χ1) is 9.63. The summed E-state index contributed by atoms with van der Waals surface area (Å²) in [5, 5.41) is 3.52. The summed E-state index contributed by atoms with van der Waals surface area (Å²) in [5.41, 5.74) is 2.36. The van der Waals surface area contributed by atoms with Gasteiger partial charge in [0.05, 0.1) is 7.11 Å². The van der Waals surface area contributed by atoms with E-state index < -0.39 is 5.97 Å². The predicted molar refractivity (Wildman–Crippen MR) is 79.8 cm³/mol. The topological polar surface area (TPSA) is 43.4 Å². The Labute approximate surface area is 121 Å². The molecule has 0 aliphatic carbocycles. The average Bonchev–Trinajstić information content (AvgIpc) is 2.99. The van der Waals surface area contributed by atoms with Gasteiger partial charge in [0.1, 0.15) is 5.57 Å². The lowest BCUT2D eigenvalue weighted by atomic mass is 10.0. The van der Waals surface area contributed by atoms with Crippen molar-refractivity contribution in [2.45, 2.75) is 6.92 Å². The van der Waals surface area contributed by atoms with Crippen LogP contribution < -0.4 is 0 Å². The van der Waals surface area contributed by atoms with Crippen LogP contribution in [0.4, 0.5) is 0 Å². The van der Waals surface area contributed by atoms with E-state index in [1.165, 1.54) is 18.4 Å². The minimum Gasteiger partial charge on any atom is -0.465 e. The molecule has 2 aromatic rings. The molecule has 2 rings (SSSR count). The molecule has 102 valence electrons. The molecule has 0 fully saturated rings. The number of thiophene rings is 1. The number of aryl methyl sites for hydroxylation is 1. The van der Waals surface area contributed by atoms with Gasteiger partial charge in [0, 0.05) is 10.9 Å². The molecule has 0 amide bonds. The van der Waals surface area contributed by atoms with Gasteiger partial charge in [-0.05, 0) is 35.6 Å². The summed E-state index contributed by atoms with van der Waals surface area (Å²) in [6.07, 6.45) is 1.58. The predicted octanol–water partition coefficient (Wildman–Crippen LogP) is 3.50. The van der Waals surface area contributed by atoms with Gasteiger partial charge in [-0.25, -0.2) is 4.79 Å². The first-order valence-corrected chi connectivity index (χ1v) is 7.00. The molecule has 20 heavy (non-hydrogen) atoms. The lowest BCUT2D eigenvalue weighted by Crippen LogP contribution is -2.14. The zero-order chi connectivity index (χ0) is 14.5. The van der Waals surface area contributed by atoms with Gasteiger partial charge in [0.25, 0.3) is 0 Å². The minimum absolute atomic E-state index is 0.0419. The molecule has 0 bridgehead atoms. The fourth-order valence-corrected chi connectivity index (χ4v) is 2.42. The molecule has 0 saturated heterocycles. The Hall–Kier alpha value is -2.20. The quantitative estimate of drug-likeness (QED) is 0.284. The normalized spacial score (nSPS) is 11.2. The maximum Gasteiger partial charge on any atom is 0.341 e. The molecule has 0 saturated carbocycles. The van der Waals surface area contributed by atoms with Crippen molar-refractivity contribution in [1.29, 1.82) is 0 Å². The highest BCUT2D eigenvalue weighted by Gasteiger charge is 2.21. The Morgan fingerprint density at radius 3 is 2.55 bits per heavy atom. The number of Topliss-reactive ketones (excluding diaryl/α,β-unsaturated/α-hetero) is 1. The molecule has 0 N–H and O–H groups in total. The molecular formula is C16H14O3S. The van der Waals surface area contributed by atoms with Gasteiger partial charge in [0.15, 0.2) is 0 Å². The third-order valence-corrected chi connectivity index (χ3v) is 3.60. The third kappa shape index (κ3) is 3.03. The van der Waals surface area contributed by atoms with Crippen molar-refractivity contribution in [3.05, 3.63) is 63.4 Å². The molecule has 0 unspecified atom stereocenters. The second-order valence-electron chi connectivity index (χ2n) is 4.25. The van der Waals surface area contributed by atoms with E-state index in [4.69, 9.17) is 4.74 Å². The fourth-order valence-electron chi connectivity index (χ4n) is 1.78. The molecule has 0 radical (unpaired) electrons. The van der Waals surface area contributed by atoms with Crippen LogP contribution in [-0.4, -0.2) is 18.9 Å². The van der Waals surface area contributed by atoms with E-state index in [0.717, 1.165) is 11.1 Å². The number of hydrogen-bond acceptors (Lipinski definition) is 4. The summed E-state index contributed by atoms with van der Waals surface area (Å²) in [5.74, 6) is -0.939. The zero-order valence-corrected chi connectivity index (χ0v) is 12.1. The minimum atomic E-state index is -0.621. The lowest BCUT2D eigenvalue weighted by Gasteiger charge is -2.05. The Morgan fingerprint density at radius 2 is 1.95 bits per heavy atom. The number of carbonyl (C=O) groups excluding carboxylic acids is 2. The maximum atomic E-state index is 12.4. The summed E-state index contributed by atoms with van der Waals surface area (Å²) in [6, 6.07) is 9.25. The van der Waals surface area contributed by atoms with Gasteiger partial charge in [0.2, 0.25) is 5.78 Å². The van der Waals surface area contributed by atoms with Crippen molar-refractivity contribution in [2.24, 2.45) is 0 Å².